The largest absolute Gasteiger partial charge is 0.488 e. The van der Waals surface area contributed by atoms with E-state index in [2.05, 4.69) is 45.3 Å². The van der Waals surface area contributed by atoms with E-state index in [1.807, 2.05) is 34.8 Å². The third kappa shape index (κ3) is 4.66. The van der Waals surface area contributed by atoms with Gasteiger partial charge in [-0.25, -0.2) is 9.50 Å². The molecule has 2 fully saturated rings. The first-order chi connectivity index (χ1) is 17.1. The summed E-state index contributed by atoms with van der Waals surface area (Å²) in [5, 5.41) is 13.5. The lowest BCUT2D eigenvalue weighted by molar-refractivity contribution is -0.119. The fraction of sp³-hybridized carbons (Fsp3) is 0.286. The van der Waals surface area contributed by atoms with E-state index in [9.17, 15) is 4.79 Å². The maximum Gasteiger partial charge on any atom is 0.159 e. The van der Waals surface area contributed by atoms with Crippen molar-refractivity contribution in [3.63, 3.8) is 0 Å². The fourth-order valence-corrected chi connectivity index (χ4v) is 4.51. The van der Waals surface area contributed by atoms with Crippen LogP contribution in [0.2, 0.25) is 0 Å². The number of benzene rings is 2. The zero-order valence-electron chi connectivity index (χ0n) is 19.3. The van der Waals surface area contributed by atoms with Gasteiger partial charge in [0, 0.05) is 31.1 Å². The fourth-order valence-electron chi connectivity index (χ4n) is 4.51. The second kappa shape index (κ2) is 8.97. The highest BCUT2D eigenvalue weighted by molar-refractivity contribution is 5.84. The second-order valence-electron chi connectivity index (χ2n) is 9.39. The van der Waals surface area contributed by atoms with Crippen LogP contribution in [0.1, 0.15) is 29.8 Å². The Bertz CT molecular complexity index is 1410. The highest BCUT2D eigenvalue weighted by atomic mass is 16.5. The summed E-state index contributed by atoms with van der Waals surface area (Å²) in [6.45, 7) is 2.62. The van der Waals surface area contributed by atoms with Crippen LogP contribution in [0.25, 0.3) is 16.9 Å². The number of carbonyl (C=O) groups excluding carboxylic acids is 1. The Balaban J connectivity index is 1.08. The van der Waals surface area contributed by atoms with Crippen molar-refractivity contribution in [3.05, 3.63) is 83.7 Å². The average Bonchev–Trinajstić information content (AvgIpc) is 3.63. The van der Waals surface area contributed by atoms with Crippen LogP contribution in [-0.2, 0) is 17.8 Å². The number of carbonyl (C=O) groups is 1. The number of Topliss-reactive ketones (excluding diaryl/α,β-unsaturated/α-hetero) is 1. The second-order valence-corrected chi connectivity index (χ2v) is 9.39. The number of hydrogen-bond acceptors (Lipinski definition) is 6. The van der Waals surface area contributed by atoms with E-state index in [1.54, 1.807) is 12.1 Å². The molecule has 1 aliphatic heterocycles. The molecule has 0 bridgehead atoms. The Hall–Kier alpha value is -4.02. The number of nitriles is 1. The summed E-state index contributed by atoms with van der Waals surface area (Å²) in [6.07, 6.45) is 2.50. The number of aromatic nitrogens is 3. The third-order valence-electron chi connectivity index (χ3n) is 6.63. The van der Waals surface area contributed by atoms with Crippen LogP contribution in [0, 0.1) is 17.2 Å². The van der Waals surface area contributed by atoms with Crippen LogP contribution in [0.15, 0.2) is 66.7 Å². The molecule has 35 heavy (non-hydrogen) atoms. The van der Waals surface area contributed by atoms with Gasteiger partial charge in [0.1, 0.15) is 17.6 Å². The Morgan fingerprint density at radius 2 is 1.80 bits per heavy atom. The van der Waals surface area contributed by atoms with Crippen LogP contribution in [0.4, 0.5) is 0 Å². The molecular weight excluding hydrogens is 438 g/mol. The lowest BCUT2D eigenvalue weighted by atomic mass is 10.1. The summed E-state index contributed by atoms with van der Waals surface area (Å²) in [5.41, 5.74) is 4.67. The molecule has 2 aliphatic rings. The van der Waals surface area contributed by atoms with Crippen LogP contribution >= 0.6 is 0 Å². The molecule has 7 heteroatoms. The summed E-state index contributed by atoms with van der Waals surface area (Å²) < 4.78 is 7.83. The molecule has 0 amide bonds. The zero-order valence-corrected chi connectivity index (χ0v) is 19.3. The van der Waals surface area contributed by atoms with Crippen LogP contribution in [0.3, 0.4) is 0 Å². The van der Waals surface area contributed by atoms with Gasteiger partial charge in [-0.2, -0.15) is 10.4 Å². The Kier molecular flexibility index (Phi) is 5.51. The van der Waals surface area contributed by atoms with E-state index in [1.165, 1.54) is 5.56 Å². The number of ether oxygens (including phenoxy) is 1. The monoisotopic (exact) mass is 463 g/mol. The number of hydrogen-bond donors (Lipinski definition) is 0. The normalized spacial score (nSPS) is 16.1. The third-order valence-corrected chi connectivity index (χ3v) is 6.63. The van der Waals surface area contributed by atoms with Crippen molar-refractivity contribution in [2.75, 3.05) is 13.1 Å². The number of ketones is 1. The van der Waals surface area contributed by atoms with E-state index in [-0.39, 0.29) is 17.8 Å². The minimum atomic E-state index is 0.174. The number of pyridine rings is 1. The maximum atomic E-state index is 12.2. The Labute approximate surface area is 203 Å². The first-order valence-electron chi connectivity index (χ1n) is 12.0. The van der Waals surface area contributed by atoms with Gasteiger partial charge in [-0.3, -0.25) is 9.69 Å². The molecular formula is C28H25N5O2. The van der Waals surface area contributed by atoms with Crippen molar-refractivity contribution < 1.29 is 9.53 Å². The van der Waals surface area contributed by atoms with E-state index >= 15 is 0 Å². The molecule has 0 N–H and O–H groups in total. The number of fused-ring (bicyclic) bond motifs is 1. The smallest absolute Gasteiger partial charge is 0.159 e. The van der Waals surface area contributed by atoms with Crippen molar-refractivity contribution in [2.24, 2.45) is 5.92 Å². The molecule has 4 aromatic rings. The van der Waals surface area contributed by atoms with E-state index in [0.717, 1.165) is 55.1 Å². The van der Waals surface area contributed by atoms with Crippen LogP contribution in [-0.4, -0.2) is 44.5 Å². The SMILES string of the molecule is N#Cc1ccc(OC2CN(Cc3ccc(-c4cccc5nc(CC(=O)C6CC6)nn45)cc3)C2)cc1. The zero-order chi connectivity index (χ0) is 23.8. The number of nitrogens with zero attached hydrogens (tertiary/aromatic N) is 5. The van der Waals surface area contributed by atoms with Gasteiger partial charge in [-0.05, 0) is 54.8 Å². The van der Waals surface area contributed by atoms with Gasteiger partial charge < -0.3 is 4.74 Å². The summed E-state index contributed by atoms with van der Waals surface area (Å²) in [5.74, 6) is 1.88. The van der Waals surface area contributed by atoms with Gasteiger partial charge in [0.2, 0.25) is 0 Å². The molecule has 3 heterocycles. The van der Waals surface area contributed by atoms with Crippen LogP contribution in [0.5, 0.6) is 5.75 Å². The Morgan fingerprint density at radius 1 is 1.03 bits per heavy atom. The molecule has 174 valence electrons. The summed E-state index contributed by atoms with van der Waals surface area (Å²) in [7, 11) is 0. The number of likely N-dealkylation sites (tertiary alicyclic amines) is 1. The lowest BCUT2D eigenvalue weighted by Crippen LogP contribution is -2.53. The lowest BCUT2D eigenvalue weighted by Gasteiger charge is -2.39. The van der Waals surface area contributed by atoms with Gasteiger partial charge in [-0.1, -0.05) is 30.3 Å². The standard InChI is InChI=1S/C28H25N5O2/c29-15-19-6-12-23(13-7-19)35-24-17-32(18-24)16-20-4-8-21(9-5-20)25-2-1-3-28-30-27(31-33(25)28)14-26(34)22-10-11-22/h1-9,12-13,22,24H,10-11,14,16-18H2. The molecule has 0 radical (unpaired) electrons. The van der Waals surface area contributed by atoms with E-state index in [0.29, 0.717) is 17.8 Å². The molecule has 0 spiro atoms. The van der Waals surface area contributed by atoms with Gasteiger partial charge >= 0.3 is 0 Å². The first-order valence-corrected chi connectivity index (χ1v) is 12.0. The molecule has 6 rings (SSSR count). The Morgan fingerprint density at radius 3 is 2.51 bits per heavy atom. The van der Waals surface area contributed by atoms with Crippen molar-refractivity contribution >= 4 is 11.4 Å². The van der Waals surface area contributed by atoms with Gasteiger partial charge in [0.15, 0.2) is 11.5 Å². The predicted octanol–water partition coefficient (Wildman–Crippen LogP) is 4.05. The highest BCUT2D eigenvalue weighted by Gasteiger charge is 2.30. The van der Waals surface area contributed by atoms with Crippen molar-refractivity contribution in [1.29, 1.82) is 5.26 Å². The van der Waals surface area contributed by atoms with E-state index < -0.39 is 0 Å². The highest BCUT2D eigenvalue weighted by Crippen LogP contribution is 2.31. The topological polar surface area (TPSA) is 83.5 Å². The summed E-state index contributed by atoms with van der Waals surface area (Å²) in [6, 6.07) is 23.9. The maximum absolute atomic E-state index is 12.2. The first kappa shape index (κ1) is 21.5. The van der Waals surface area contributed by atoms with Gasteiger partial charge in [-0.15, -0.1) is 0 Å². The van der Waals surface area contributed by atoms with Crippen molar-refractivity contribution in [2.45, 2.75) is 31.9 Å². The van der Waals surface area contributed by atoms with Crippen molar-refractivity contribution in [3.8, 4) is 23.1 Å². The molecule has 1 saturated carbocycles. The van der Waals surface area contributed by atoms with Gasteiger partial charge in [0.05, 0.1) is 23.7 Å². The number of rotatable bonds is 8. The molecule has 1 saturated heterocycles. The molecule has 0 atom stereocenters. The minimum absolute atomic E-state index is 0.174. The molecule has 1 aliphatic carbocycles. The minimum Gasteiger partial charge on any atom is -0.488 e. The quantitative estimate of drug-likeness (QED) is 0.392. The molecule has 7 nitrogen and oxygen atoms in total. The van der Waals surface area contributed by atoms with Crippen LogP contribution < -0.4 is 4.74 Å². The predicted molar refractivity (Wildman–Crippen MR) is 131 cm³/mol. The molecule has 2 aromatic carbocycles. The summed E-state index contributed by atoms with van der Waals surface area (Å²) in [4.78, 5) is 19.1. The van der Waals surface area contributed by atoms with Gasteiger partial charge in [0.25, 0.3) is 0 Å². The van der Waals surface area contributed by atoms with Crippen molar-refractivity contribution in [1.82, 2.24) is 19.5 Å². The molecule has 0 unspecified atom stereocenters. The molecule has 2 aromatic heterocycles. The summed E-state index contributed by atoms with van der Waals surface area (Å²) >= 11 is 0. The average molecular weight is 464 g/mol. The van der Waals surface area contributed by atoms with E-state index in [4.69, 9.17) is 10.00 Å².